The molecule has 1 rings (SSSR count). The molecule has 1 aromatic rings. The molecule has 0 aliphatic heterocycles. The van der Waals surface area contributed by atoms with E-state index < -0.39 is 0 Å². The van der Waals surface area contributed by atoms with Gasteiger partial charge in [0.05, 0.1) is 15.7 Å². The normalized spacial score (nSPS) is 12.3. The zero-order valence-corrected chi connectivity index (χ0v) is 13.3. The first-order valence-electron chi connectivity index (χ1n) is 6.21. The van der Waals surface area contributed by atoms with E-state index >= 15 is 0 Å². The molecule has 0 radical (unpaired) electrons. The zero-order valence-electron chi connectivity index (χ0n) is 11.7. The summed E-state index contributed by atoms with van der Waals surface area (Å²) in [5.41, 5.74) is 0.847. The minimum absolute atomic E-state index is 0.189. The van der Waals surface area contributed by atoms with Gasteiger partial charge in [-0.25, -0.2) is 4.39 Å². The van der Waals surface area contributed by atoms with Gasteiger partial charge in [0.25, 0.3) is 0 Å². The number of hydrogen-bond acceptors (Lipinski definition) is 3. The fourth-order valence-electron chi connectivity index (χ4n) is 2.19. The van der Waals surface area contributed by atoms with Crippen LogP contribution in [0.1, 0.15) is 19.4 Å². The summed E-state index contributed by atoms with van der Waals surface area (Å²) in [5.74, 6) is -0.369. The predicted octanol–water partition coefficient (Wildman–Crippen LogP) is 3.24. The molecule has 0 bridgehead atoms. The number of benzene rings is 1. The molecule has 1 unspecified atom stereocenters. The second-order valence-corrected chi connectivity index (χ2v) is 5.56. The van der Waals surface area contributed by atoms with E-state index in [0.717, 1.165) is 6.54 Å². The van der Waals surface area contributed by atoms with E-state index in [4.69, 9.17) is 5.26 Å². The highest BCUT2D eigenvalue weighted by Gasteiger charge is 2.20. The molecule has 5 heteroatoms. The molecule has 0 aliphatic rings. The van der Waals surface area contributed by atoms with Crippen LogP contribution in [0.4, 0.5) is 10.1 Å². The Morgan fingerprint density at radius 2 is 2.05 bits per heavy atom. The number of anilines is 1. The second kappa shape index (κ2) is 6.88. The summed E-state index contributed by atoms with van der Waals surface area (Å²) in [4.78, 5) is 4.07. The monoisotopic (exact) mass is 327 g/mol. The van der Waals surface area contributed by atoms with Gasteiger partial charge in [-0.1, -0.05) is 0 Å². The van der Waals surface area contributed by atoms with Gasteiger partial charge in [0.2, 0.25) is 0 Å². The number of likely N-dealkylation sites (N-methyl/N-ethyl adjacent to an activating group) is 2. The van der Waals surface area contributed by atoms with Crippen molar-refractivity contribution in [1.82, 2.24) is 4.90 Å². The first-order valence-corrected chi connectivity index (χ1v) is 7.01. The van der Waals surface area contributed by atoms with Crippen LogP contribution in [0.25, 0.3) is 0 Å². The van der Waals surface area contributed by atoms with Gasteiger partial charge in [0.1, 0.15) is 6.07 Å². The molecule has 0 aliphatic carbocycles. The van der Waals surface area contributed by atoms with Crippen molar-refractivity contribution < 1.29 is 4.39 Å². The predicted molar refractivity (Wildman–Crippen MR) is 79.9 cm³/mol. The second-order valence-electron chi connectivity index (χ2n) is 4.77. The molecule has 0 heterocycles. The van der Waals surface area contributed by atoms with E-state index in [0.29, 0.717) is 17.8 Å². The highest BCUT2D eigenvalue weighted by Crippen LogP contribution is 2.30. The standard InChI is InChI=1S/C14H19BrFN3/c1-5-19(10(2)9-18(3)4)12-7-6-11(8-17)13(15)14(12)16/h6-7,10H,5,9H2,1-4H3. The van der Waals surface area contributed by atoms with Crippen molar-refractivity contribution in [1.29, 1.82) is 5.26 Å². The van der Waals surface area contributed by atoms with Gasteiger partial charge in [0.15, 0.2) is 5.82 Å². The molecule has 1 aromatic carbocycles. The minimum atomic E-state index is -0.369. The third-order valence-corrected chi connectivity index (χ3v) is 3.77. The van der Waals surface area contributed by atoms with Gasteiger partial charge >= 0.3 is 0 Å². The molecule has 104 valence electrons. The van der Waals surface area contributed by atoms with Crippen LogP contribution in [0, 0.1) is 17.1 Å². The first kappa shape index (κ1) is 15.9. The molecule has 0 fully saturated rings. The van der Waals surface area contributed by atoms with Gasteiger partial charge in [0, 0.05) is 19.1 Å². The van der Waals surface area contributed by atoms with Crippen LogP contribution in [-0.4, -0.2) is 38.1 Å². The van der Waals surface area contributed by atoms with E-state index in [-0.39, 0.29) is 16.3 Å². The molecule has 0 amide bonds. The van der Waals surface area contributed by atoms with Crippen LogP contribution in [0.15, 0.2) is 16.6 Å². The molecule has 3 nitrogen and oxygen atoms in total. The van der Waals surface area contributed by atoms with E-state index in [9.17, 15) is 4.39 Å². The highest BCUT2D eigenvalue weighted by molar-refractivity contribution is 9.10. The van der Waals surface area contributed by atoms with E-state index in [1.807, 2.05) is 32.0 Å². The summed E-state index contributed by atoms with van der Waals surface area (Å²) in [6.07, 6.45) is 0. The summed E-state index contributed by atoms with van der Waals surface area (Å²) in [7, 11) is 3.99. The van der Waals surface area contributed by atoms with Crippen LogP contribution >= 0.6 is 15.9 Å². The van der Waals surface area contributed by atoms with Gasteiger partial charge < -0.3 is 9.80 Å². The van der Waals surface area contributed by atoms with Crippen molar-refractivity contribution >= 4 is 21.6 Å². The lowest BCUT2D eigenvalue weighted by Crippen LogP contribution is -2.40. The molecule has 0 saturated carbocycles. The Bertz CT molecular complexity index is 482. The van der Waals surface area contributed by atoms with Crippen molar-refractivity contribution in [3.63, 3.8) is 0 Å². The van der Waals surface area contributed by atoms with Crippen LogP contribution in [-0.2, 0) is 0 Å². The number of rotatable bonds is 5. The van der Waals surface area contributed by atoms with Crippen molar-refractivity contribution in [2.45, 2.75) is 19.9 Å². The topological polar surface area (TPSA) is 30.3 Å². The van der Waals surface area contributed by atoms with Crippen LogP contribution in [0.3, 0.4) is 0 Å². The molecular formula is C14H19BrFN3. The molecule has 0 saturated heterocycles. The Hall–Kier alpha value is -1.12. The van der Waals surface area contributed by atoms with E-state index in [1.54, 1.807) is 12.1 Å². The smallest absolute Gasteiger partial charge is 0.161 e. The third-order valence-electron chi connectivity index (χ3n) is 2.99. The summed E-state index contributed by atoms with van der Waals surface area (Å²) >= 11 is 3.15. The average molecular weight is 328 g/mol. The maximum Gasteiger partial charge on any atom is 0.161 e. The van der Waals surface area contributed by atoms with Gasteiger partial charge in [-0.2, -0.15) is 5.26 Å². The lowest BCUT2D eigenvalue weighted by molar-refractivity contribution is 0.371. The SMILES string of the molecule is CCN(c1ccc(C#N)c(Br)c1F)C(C)CN(C)C. The van der Waals surface area contributed by atoms with Gasteiger partial charge in [-0.3, -0.25) is 0 Å². The fourth-order valence-corrected chi connectivity index (χ4v) is 2.62. The largest absolute Gasteiger partial charge is 0.365 e. The summed E-state index contributed by atoms with van der Waals surface area (Å²) in [6.45, 7) is 5.61. The Labute approximate surface area is 122 Å². The average Bonchev–Trinajstić information content (AvgIpc) is 2.34. The number of nitriles is 1. The van der Waals surface area contributed by atoms with Crippen LogP contribution < -0.4 is 4.90 Å². The lowest BCUT2D eigenvalue weighted by Gasteiger charge is -2.32. The highest BCUT2D eigenvalue weighted by atomic mass is 79.9. The Kier molecular flexibility index (Phi) is 5.77. The maximum atomic E-state index is 14.3. The van der Waals surface area contributed by atoms with Crippen molar-refractivity contribution in [2.24, 2.45) is 0 Å². The van der Waals surface area contributed by atoms with E-state index in [1.165, 1.54) is 0 Å². The molecule has 0 aromatic heterocycles. The molecule has 0 spiro atoms. The Morgan fingerprint density at radius 1 is 1.42 bits per heavy atom. The molecule has 1 atom stereocenters. The van der Waals surface area contributed by atoms with Crippen molar-refractivity contribution in [3.05, 3.63) is 28.0 Å². The molecule has 19 heavy (non-hydrogen) atoms. The van der Waals surface area contributed by atoms with E-state index in [2.05, 4.69) is 27.8 Å². The molecular weight excluding hydrogens is 309 g/mol. The van der Waals surface area contributed by atoms with Crippen molar-refractivity contribution in [3.8, 4) is 6.07 Å². The quantitative estimate of drug-likeness (QED) is 0.831. The first-order chi connectivity index (χ1) is 8.92. The maximum absolute atomic E-state index is 14.3. The lowest BCUT2D eigenvalue weighted by atomic mass is 10.1. The van der Waals surface area contributed by atoms with Gasteiger partial charge in [-0.05, 0) is 56.0 Å². The Morgan fingerprint density at radius 3 is 2.53 bits per heavy atom. The van der Waals surface area contributed by atoms with Gasteiger partial charge in [-0.15, -0.1) is 0 Å². The summed E-state index contributed by atoms with van der Waals surface area (Å²) in [5, 5.41) is 8.89. The zero-order chi connectivity index (χ0) is 14.6. The minimum Gasteiger partial charge on any atom is -0.365 e. The van der Waals surface area contributed by atoms with Crippen LogP contribution in [0.5, 0.6) is 0 Å². The van der Waals surface area contributed by atoms with Crippen molar-refractivity contribution in [2.75, 3.05) is 32.1 Å². The number of nitrogens with zero attached hydrogens (tertiary/aromatic N) is 3. The number of halogens is 2. The van der Waals surface area contributed by atoms with Crippen LogP contribution in [0.2, 0.25) is 0 Å². The Balaban J connectivity index is 3.13. The summed E-state index contributed by atoms with van der Waals surface area (Å²) < 4.78 is 14.6. The third kappa shape index (κ3) is 3.68. The fraction of sp³-hybridized carbons (Fsp3) is 0.500. The number of hydrogen-bond donors (Lipinski definition) is 0. The summed E-state index contributed by atoms with van der Waals surface area (Å²) in [6, 6.07) is 5.48. The molecule has 0 N–H and O–H groups in total.